The summed E-state index contributed by atoms with van der Waals surface area (Å²) in [5.74, 6) is -0.519. The maximum atomic E-state index is 10.6. The second-order valence-corrected chi connectivity index (χ2v) is 3.93. The van der Waals surface area contributed by atoms with Crippen molar-refractivity contribution >= 4 is 5.97 Å². The van der Waals surface area contributed by atoms with Crippen molar-refractivity contribution in [2.75, 3.05) is 0 Å². The van der Waals surface area contributed by atoms with Gasteiger partial charge >= 0.3 is 0 Å². The minimum Gasteiger partial charge on any atom is -0.545 e. The van der Waals surface area contributed by atoms with Gasteiger partial charge in [-0.1, -0.05) is 24.8 Å². The molecule has 1 aliphatic rings. The monoisotopic (exact) mass is 181 g/mol. The minimum atomic E-state index is -1.01. The van der Waals surface area contributed by atoms with E-state index in [0.717, 1.165) is 18.4 Å². The van der Waals surface area contributed by atoms with Crippen LogP contribution in [0.2, 0.25) is 0 Å². The zero-order valence-electron chi connectivity index (χ0n) is 8.43. The van der Waals surface area contributed by atoms with Gasteiger partial charge < -0.3 is 9.90 Å². The lowest BCUT2D eigenvalue weighted by atomic mass is 9.83. The molecule has 0 unspecified atom stereocenters. The quantitative estimate of drug-likeness (QED) is 0.608. The van der Waals surface area contributed by atoms with Crippen LogP contribution in [0.5, 0.6) is 0 Å². The van der Waals surface area contributed by atoms with Crippen molar-refractivity contribution in [2.24, 2.45) is 5.92 Å². The maximum Gasteiger partial charge on any atom is 0.0671 e. The molecule has 1 fully saturated rings. The molecule has 0 atom stereocenters. The van der Waals surface area contributed by atoms with E-state index >= 15 is 0 Å². The summed E-state index contributed by atoms with van der Waals surface area (Å²) in [5, 5.41) is 10.6. The summed E-state index contributed by atoms with van der Waals surface area (Å²) in [6.45, 7) is 3.58. The van der Waals surface area contributed by atoms with Gasteiger partial charge in [0.1, 0.15) is 0 Å². The van der Waals surface area contributed by atoms with Crippen LogP contribution in [0.25, 0.3) is 0 Å². The first-order valence-corrected chi connectivity index (χ1v) is 5.01. The first-order chi connectivity index (χ1) is 6.13. The fourth-order valence-corrected chi connectivity index (χ4v) is 2.00. The Kier molecular flexibility index (Phi) is 3.52. The van der Waals surface area contributed by atoms with Gasteiger partial charge in [-0.25, -0.2) is 0 Å². The van der Waals surface area contributed by atoms with Gasteiger partial charge in [0.15, 0.2) is 0 Å². The zero-order valence-corrected chi connectivity index (χ0v) is 8.43. The van der Waals surface area contributed by atoms with Crippen LogP contribution >= 0.6 is 0 Å². The number of carboxylic acids is 1. The lowest BCUT2D eigenvalue weighted by Crippen LogP contribution is -2.25. The standard InChI is InChI=1S/C11H18O2/c1-8(9(2)11(12)13)10-6-4-3-5-7-10/h10H,3-7H2,1-2H3,(H,12,13)/p-1/b9-8-. The molecule has 0 N–H and O–H groups in total. The Bertz CT molecular complexity index is 222. The smallest absolute Gasteiger partial charge is 0.0671 e. The first kappa shape index (κ1) is 10.3. The summed E-state index contributed by atoms with van der Waals surface area (Å²) in [5.41, 5.74) is 1.46. The molecule has 0 aromatic heterocycles. The van der Waals surface area contributed by atoms with Crippen molar-refractivity contribution in [1.82, 2.24) is 0 Å². The first-order valence-electron chi connectivity index (χ1n) is 5.01. The average Bonchev–Trinajstić information content (AvgIpc) is 2.17. The van der Waals surface area contributed by atoms with Crippen LogP contribution in [0.1, 0.15) is 46.0 Å². The average molecular weight is 181 g/mol. The molecule has 0 spiro atoms. The van der Waals surface area contributed by atoms with Gasteiger partial charge in [0, 0.05) is 0 Å². The van der Waals surface area contributed by atoms with Gasteiger partial charge in [-0.15, -0.1) is 0 Å². The van der Waals surface area contributed by atoms with Crippen LogP contribution in [0.15, 0.2) is 11.1 Å². The molecule has 1 rings (SSSR count). The molecule has 0 aromatic rings. The molecule has 0 radical (unpaired) electrons. The van der Waals surface area contributed by atoms with Gasteiger partial charge in [0.2, 0.25) is 0 Å². The second kappa shape index (κ2) is 4.45. The van der Waals surface area contributed by atoms with Crippen molar-refractivity contribution in [2.45, 2.75) is 46.0 Å². The topological polar surface area (TPSA) is 40.1 Å². The number of allylic oxidation sites excluding steroid dienone is 1. The largest absolute Gasteiger partial charge is 0.545 e. The Morgan fingerprint density at radius 2 is 1.69 bits per heavy atom. The third-order valence-electron chi connectivity index (χ3n) is 3.12. The summed E-state index contributed by atoms with van der Waals surface area (Å²) in [7, 11) is 0. The maximum absolute atomic E-state index is 10.6. The number of aliphatic carboxylic acids is 1. The van der Waals surface area contributed by atoms with Crippen molar-refractivity contribution in [3.8, 4) is 0 Å². The Morgan fingerprint density at radius 1 is 1.15 bits per heavy atom. The van der Waals surface area contributed by atoms with Crippen molar-refractivity contribution in [1.29, 1.82) is 0 Å². The number of carboxylic acid groups (broad SMARTS) is 1. The normalized spacial score (nSPS) is 21.1. The van der Waals surface area contributed by atoms with Crippen LogP contribution in [0, 0.1) is 5.92 Å². The summed E-state index contributed by atoms with van der Waals surface area (Å²) in [4.78, 5) is 10.6. The molecular weight excluding hydrogens is 164 g/mol. The molecular formula is C11H17O2-. The predicted octanol–water partition coefficient (Wildman–Crippen LogP) is 1.65. The van der Waals surface area contributed by atoms with E-state index in [0.29, 0.717) is 11.5 Å². The van der Waals surface area contributed by atoms with Crippen LogP contribution in [-0.2, 0) is 4.79 Å². The molecule has 2 nitrogen and oxygen atoms in total. The van der Waals surface area contributed by atoms with Gasteiger partial charge in [0.25, 0.3) is 0 Å². The molecule has 0 aliphatic heterocycles. The Labute approximate surface area is 79.6 Å². The van der Waals surface area contributed by atoms with Crippen LogP contribution in [-0.4, -0.2) is 5.97 Å². The Hall–Kier alpha value is -0.790. The molecule has 1 aliphatic carbocycles. The van der Waals surface area contributed by atoms with Crippen LogP contribution in [0.4, 0.5) is 0 Å². The van der Waals surface area contributed by atoms with E-state index in [1.165, 1.54) is 19.3 Å². The van der Waals surface area contributed by atoms with E-state index in [4.69, 9.17) is 0 Å². The van der Waals surface area contributed by atoms with Gasteiger partial charge in [-0.3, -0.25) is 0 Å². The predicted molar refractivity (Wildman–Crippen MR) is 50.0 cm³/mol. The highest BCUT2D eigenvalue weighted by molar-refractivity contribution is 5.84. The van der Waals surface area contributed by atoms with Crippen molar-refractivity contribution in [3.63, 3.8) is 0 Å². The van der Waals surface area contributed by atoms with Crippen LogP contribution in [0.3, 0.4) is 0 Å². The molecule has 74 valence electrons. The molecule has 0 bridgehead atoms. The summed E-state index contributed by atoms with van der Waals surface area (Å²) in [6.07, 6.45) is 6.08. The van der Waals surface area contributed by atoms with Crippen molar-refractivity contribution in [3.05, 3.63) is 11.1 Å². The van der Waals surface area contributed by atoms with Crippen molar-refractivity contribution < 1.29 is 9.90 Å². The SMILES string of the molecule is C/C(C(=O)[O-])=C(\C)C1CCCCC1. The molecule has 0 aromatic carbocycles. The number of carbonyl (C=O) groups is 1. The fourth-order valence-electron chi connectivity index (χ4n) is 2.00. The van der Waals surface area contributed by atoms with E-state index in [9.17, 15) is 9.90 Å². The molecule has 0 heterocycles. The number of hydrogen-bond acceptors (Lipinski definition) is 2. The number of carbonyl (C=O) groups excluding carboxylic acids is 1. The van der Waals surface area contributed by atoms with Gasteiger partial charge in [-0.05, 0) is 38.2 Å². The molecule has 1 saturated carbocycles. The highest BCUT2D eigenvalue weighted by Gasteiger charge is 2.16. The van der Waals surface area contributed by atoms with E-state index in [1.54, 1.807) is 6.92 Å². The molecule has 0 amide bonds. The summed E-state index contributed by atoms with van der Waals surface area (Å²) >= 11 is 0. The van der Waals surface area contributed by atoms with Gasteiger partial charge in [0.05, 0.1) is 5.97 Å². The summed E-state index contributed by atoms with van der Waals surface area (Å²) < 4.78 is 0. The van der Waals surface area contributed by atoms with E-state index in [1.807, 2.05) is 6.92 Å². The Balaban J connectivity index is 2.68. The number of hydrogen-bond donors (Lipinski definition) is 0. The second-order valence-electron chi connectivity index (χ2n) is 3.93. The highest BCUT2D eigenvalue weighted by atomic mass is 16.4. The molecule has 13 heavy (non-hydrogen) atoms. The zero-order chi connectivity index (χ0) is 9.84. The van der Waals surface area contributed by atoms with E-state index in [-0.39, 0.29) is 0 Å². The Morgan fingerprint density at radius 3 is 2.15 bits per heavy atom. The van der Waals surface area contributed by atoms with Crippen LogP contribution < -0.4 is 5.11 Å². The fraction of sp³-hybridized carbons (Fsp3) is 0.727. The van der Waals surface area contributed by atoms with E-state index in [2.05, 4.69) is 0 Å². The lowest BCUT2D eigenvalue weighted by Gasteiger charge is -2.24. The highest BCUT2D eigenvalue weighted by Crippen LogP contribution is 2.30. The summed E-state index contributed by atoms with van der Waals surface area (Å²) in [6, 6.07) is 0. The third-order valence-corrected chi connectivity index (χ3v) is 3.12. The lowest BCUT2D eigenvalue weighted by molar-refractivity contribution is -0.299. The third kappa shape index (κ3) is 2.58. The number of rotatable bonds is 2. The molecule has 0 saturated heterocycles. The minimum absolute atomic E-state index is 0.437. The van der Waals surface area contributed by atoms with Gasteiger partial charge in [-0.2, -0.15) is 0 Å². The molecule has 2 heteroatoms. The van der Waals surface area contributed by atoms with E-state index < -0.39 is 5.97 Å².